The molecule has 1 aromatic heterocycles. The van der Waals surface area contributed by atoms with Crippen molar-refractivity contribution in [2.24, 2.45) is 0 Å². The van der Waals surface area contributed by atoms with E-state index < -0.39 is 11.6 Å². The van der Waals surface area contributed by atoms with E-state index in [1.165, 1.54) is 12.3 Å². The first-order valence-corrected chi connectivity index (χ1v) is 6.29. The number of amides is 1. The summed E-state index contributed by atoms with van der Waals surface area (Å²) in [6.45, 7) is 0. The Bertz CT molecular complexity index is 779. The number of rotatable bonds is 2. The van der Waals surface area contributed by atoms with Crippen LogP contribution in [0, 0.1) is 0 Å². The van der Waals surface area contributed by atoms with E-state index in [0.717, 1.165) is 6.08 Å². The predicted molar refractivity (Wildman–Crippen MR) is 75.5 cm³/mol. The van der Waals surface area contributed by atoms with Crippen LogP contribution in [0.1, 0.15) is 26.4 Å². The number of hydrogen-bond donors (Lipinski definition) is 1. The summed E-state index contributed by atoms with van der Waals surface area (Å²) in [5.74, 6) is -1.64. The van der Waals surface area contributed by atoms with Crippen molar-refractivity contribution in [3.8, 4) is 0 Å². The highest BCUT2D eigenvalue weighted by atomic mass is 16.2. The summed E-state index contributed by atoms with van der Waals surface area (Å²) in [6.07, 6.45) is 2.61. The van der Waals surface area contributed by atoms with Crippen molar-refractivity contribution in [2.75, 3.05) is 0 Å². The number of fused-ring (bicyclic) bond motifs is 1. The number of pyridine rings is 1. The molecule has 0 spiro atoms. The van der Waals surface area contributed by atoms with Gasteiger partial charge in [-0.25, -0.2) is 0 Å². The number of carbonyl (C=O) groups excluding carboxylic acids is 3. The number of nitrogens with zero attached hydrogens (tertiary/aromatic N) is 1. The maximum atomic E-state index is 12.1. The Morgan fingerprint density at radius 2 is 1.76 bits per heavy atom. The van der Waals surface area contributed by atoms with Gasteiger partial charge in [0.05, 0.1) is 17.0 Å². The lowest BCUT2D eigenvalue weighted by Crippen LogP contribution is -2.29. The van der Waals surface area contributed by atoms with Gasteiger partial charge in [-0.2, -0.15) is 0 Å². The number of ketones is 2. The monoisotopic (exact) mass is 278 g/mol. The van der Waals surface area contributed by atoms with Crippen molar-refractivity contribution >= 4 is 23.2 Å². The van der Waals surface area contributed by atoms with Crippen molar-refractivity contribution < 1.29 is 14.4 Å². The fourth-order valence-electron chi connectivity index (χ4n) is 2.08. The van der Waals surface area contributed by atoms with Crippen LogP contribution in [0.5, 0.6) is 0 Å². The second-order valence-corrected chi connectivity index (χ2v) is 4.47. The Hall–Kier alpha value is -3.08. The second-order valence-electron chi connectivity index (χ2n) is 4.47. The second kappa shape index (κ2) is 5.13. The molecule has 0 saturated carbocycles. The summed E-state index contributed by atoms with van der Waals surface area (Å²) in [7, 11) is 0. The lowest BCUT2D eigenvalue weighted by Gasteiger charge is -2.15. The van der Waals surface area contributed by atoms with Gasteiger partial charge in [0.2, 0.25) is 11.6 Å². The molecule has 1 aliphatic carbocycles. The smallest absolute Gasteiger partial charge is 0.255 e. The van der Waals surface area contributed by atoms with Gasteiger partial charge in [0.15, 0.2) is 0 Å². The van der Waals surface area contributed by atoms with Gasteiger partial charge < -0.3 is 5.32 Å². The van der Waals surface area contributed by atoms with Gasteiger partial charge in [0, 0.05) is 17.8 Å². The third-order valence-corrected chi connectivity index (χ3v) is 3.09. The Morgan fingerprint density at radius 1 is 1.00 bits per heavy atom. The topological polar surface area (TPSA) is 76.1 Å². The van der Waals surface area contributed by atoms with Gasteiger partial charge in [-0.15, -0.1) is 0 Å². The van der Waals surface area contributed by atoms with Crippen LogP contribution in [-0.4, -0.2) is 22.5 Å². The molecule has 0 unspecified atom stereocenters. The van der Waals surface area contributed by atoms with Gasteiger partial charge in [0.25, 0.3) is 5.91 Å². The van der Waals surface area contributed by atoms with Gasteiger partial charge in [-0.1, -0.05) is 18.2 Å². The molecule has 0 saturated heterocycles. The molecule has 1 aromatic carbocycles. The summed E-state index contributed by atoms with van der Waals surface area (Å²) < 4.78 is 0. The number of allylic oxidation sites excluding steroid dienone is 1. The summed E-state index contributed by atoms with van der Waals surface area (Å²) in [5, 5.41) is 2.63. The van der Waals surface area contributed by atoms with E-state index in [0.29, 0.717) is 11.3 Å². The van der Waals surface area contributed by atoms with Crippen LogP contribution in [0.2, 0.25) is 0 Å². The zero-order valence-electron chi connectivity index (χ0n) is 10.9. The van der Waals surface area contributed by atoms with E-state index in [9.17, 15) is 14.4 Å². The molecular formula is C16H10N2O3. The van der Waals surface area contributed by atoms with Gasteiger partial charge >= 0.3 is 0 Å². The number of carbonyl (C=O) groups is 3. The molecule has 5 nitrogen and oxygen atoms in total. The Morgan fingerprint density at radius 3 is 2.52 bits per heavy atom. The number of Topliss-reactive ketones (excluding diaryl/α,β-unsaturated/α-hetero) is 1. The van der Waals surface area contributed by atoms with Crippen molar-refractivity contribution in [3.63, 3.8) is 0 Å². The first-order valence-electron chi connectivity index (χ1n) is 6.29. The first-order chi connectivity index (χ1) is 10.2. The normalized spacial score (nSPS) is 13.4. The van der Waals surface area contributed by atoms with Crippen LogP contribution in [-0.2, 0) is 4.79 Å². The van der Waals surface area contributed by atoms with Crippen LogP contribution in [0.15, 0.2) is 54.7 Å². The Labute approximate surface area is 120 Å². The zero-order valence-corrected chi connectivity index (χ0v) is 10.9. The zero-order chi connectivity index (χ0) is 14.8. The average molecular weight is 278 g/mol. The maximum Gasteiger partial charge on any atom is 0.255 e. The van der Waals surface area contributed by atoms with E-state index in [-0.39, 0.29) is 17.2 Å². The standard InChI is InChI=1S/C16H10N2O3/c19-13-9-12(14-11(15(13)20)7-4-8-17-14)18-16(21)10-5-2-1-3-6-10/h1-9H,(H,18,21). The lowest BCUT2D eigenvalue weighted by atomic mass is 9.97. The summed E-state index contributed by atoms with van der Waals surface area (Å²) >= 11 is 0. The number of hydrogen-bond acceptors (Lipinski definition) is 4. The van der Waals surface area contributed by atoms with Crippen LogP contribution >= 0.6 is 0 Å². The molecule has 0 aliphatic heterocycles. The largest absolute Gasteiger partial charge is 0.320 e. The predicted octanol–water partition coefficient (Wildman–Crippen LogP) is 1.62. The molecule has 1 heterocycles. The summed E-state index contributed by atoms with van der Waals surface area (Å²) in [5.41, 5.74) is 1.21. The van der Waals surface area contributed by atoms with E-state index >= 15 is 0 Å². The minimum absolute atomic E-state index is 0.202. The molecular weight excluding hydrogens is 268 g/mol. The molecule has 21 heavy (non-hydrogen) atoms. The minimum atomic E-state index is -0.668. The number of nitrogens with one attached hydrogen (secondary N) is 1. The fraction of sp³-hybridized carbons (Fsp3) is 0. The quantitative estimate of drug-likeness (QED) is 0.847. The molecule has 0 fully saturated rings. The maximum absolute atomic E-state index is 12.1. The van der Waals surface area contributed by atoms with Crippen LogP contribution in [0.25, 0.3) is 5.70 Å². The first kappa shape index (κ1) is 12.9. The van der Waals surface area contributed by atoms with E-state index in [1.54, 1.807) is 36.4 Å². The molecule has 1 amide bonds. The van der Waals surface area contributed by atoms with E-state index in [2.05, 4.69) is 10.3 Å². The number of benzene rings is 1. The highest BCUT2D eigenvalue weighted by molar-refractivity contribution is 6.50. The molecule has 1 aliphatic rings. The van der Waals surface area contributed by atoms with Crippen molar-refractivity contribution in [1.29, 1.82) is 0 Å². The van der Waals surface area contributed by atoms with E-state index in [1.807, 2.05) is 0 Å². The molecule has 2 aromatic rings. The van der Waals surface area contributed by atoms with Gasteiger partial charge in [-0.3, -0.25) is 19.4 Å². The Balaban J connectivity index is 1.96. The van der Waals surface area contributed by atoms with Crippen LogP contribution in [0.4, 0.5) is 0 Å². The minimum Gasteiger partial charge on any atom is -0.320 e. The molecule has 0 bridgehead atoms. The Kier molecular flexibility index (Phi) is 3.16. The van der Waals surface area contributed by atoms with Gasteiger partial charge in [0.1, 0.15) is 0 Å². The average Bonchev–Trinajstić information content (AvgIpc) is 2.53. The third-order valence-electron chi connectivity index (χ3n) is 3.09. The van der Waals surface area contributed by atoms with Crippen molar-refractivity contribution in [1.82, 2.24) is 10.3 Å². The third kappa shape index (κ3) is 2.36. The highest BCUT2D eigenvalue weighted by Gasteiger charge is 2.27. The highest BCUT2D eigenvalue weighted by Crippen LogP contribution is 2.21. The summed E-state index contributed by atoms with van der Waals surface area (Å²) in [4.78, 5) is 39.7. The van der Waals surface area contributed by atoms with Crippen LogP contribution in [0.3, 0.4) is 0 Å². The van der Waals surface area contributed by atoms with Crippen molar-refractivity contribution in [2.45, 2.75) is 0 Å². The summed E-state index contributed by atoms with van der Waals surface area (Å²) in [6, 6.07) is 11.7. The molecule has 0 atom stereocenters. The molecule has 3 rings (SSSR count). The number of aromatic nitrogens is 1. The molecule has 0 radical (unpaired) electrons. The van der Waals surface area contributed by atoms with Gasteiger partial charge in [-0.05, 0) is 24.3 Å². The van der Waals surface area contributed by atoms with Crippen molar-refractivity contribution in [3.05, 3.63) is 71.6 Å². The molecule has 102 valence electrons. The fourth-order valence-corrected chi connectivity index (χ4v) is 2.08. The molecule has 1 N–H and O–H groups in total. The lowest BCUT2D eigenvalue weighted by molar-refractivity contribution is -0.111. The SMILES string of the molecule is O=C1C=C(NC(=O)c2ccccc2)c2ncccc2C1=O. The van der Waals surface area contributed by atoms with E-state index in [4.69, 9.17) is 0 Å². The van der Waals surface area contributed by atoms with Crippen LogP contribution < -0.4 is 5.32 Å². The molecule has 5 heteroatoms.